The van der Waals surface area contributed by atoms with Crippen LogP contribution >= 0.6 is 0 Å². The first-order chi connectivity index (χ1) is 12.1. The molecule has 1 heterocycles. The molecule has 0 fully saturated rings. The molecule has 0 bridgehead atoms. The molecule has 130 valence electrons. The molecule has 5 nitrogen and oxygen atoms in total. The molecule has 0 saturated heterocycles. The van der Waals surface area contributed by atoms with Crippen LogP contribution in [0.25, 0.3) is 0 Å². The second kappa shape index (κ2) is 7.38. The fraction of sp³-hybridized carbons (Fsp3) is 0.300. The number of rotatable bonds is 5. The lowest BCUT2D eigenvalue weighted by Crippen LogP contribution is -2.45. The lowest BCUT2D eigenvalue weighted by Gasteiger charge is -2.32. The largest absolute Gasteiger partial charge is 0.479 e. The average molecular weight is 339 g/mol. The SMILES string of the molecule is CCc1ccc(OC(=O)CCN2C(=O)C(C)Oc3ccccc32)cc1. The number of para-hydroxylation sites is 2. The highest BCUT2D eigenvalue weighted by atomic mass is 16.5. The molecule has 1 amide bonds. The van der Waals surface area contributed by atoms with Crippen molar-refractivity contribution in [1.29, 1.82) is 0 Å². The number of esters is 1. The van der Waals surface area contributed by atoms with Crippen molar-refractivity contribution in [3.63, 3.8) is 0 Å². The first-order valence-corrected chi connectivity index (χ1v) is 8.45. The molecule has 25 heavy (non-hydrogen) atoms. The van der Waals surface area contributed by atoms with E-state index >= 15 is 0 Å². The number of anilines is 1. The van der Waals surface area contributed by atoms with Crippen molar-refractivity contribution >= 4 is 17.6 Å². The van der Waals surface area contributed by atoms with Crippen LogP contribution in [0.15, 0.2) is 48.5 Å². The third-order valence-electron chi connectivity index (χ3n) is 4.18. The number of carbonyl (C=O) groups excluding carboxylic acids is 2. The number of hydrogen-bond donors (Lipinski definition) is 0. The van der Waals surface area contributed by atoms with Gasteiger partial charge in [-0.05, 0) is 43.2 Å². The minimum absolute atomic E-state index is 0.113. The summed E-state index contributed by atoms with van der Waals surface area (Å²) >= 11 is 0. The van der Waals surface area contributed by atoms with Crippen LogP contribution in [0, 0.1) is 0 Å². The number of fused-ring (bicyclic) bond motifs is 1. The Morgan fingerprint density at radius 2 is 1.88 bits per heavy atom. The Morgan fingerprint density at radius 3 is 2.60 bits per heavy atom. The Labute approximate surface area is 147 Å². The summed E-state index contributed by atoms with van der Waals surface area (Å²) in [5.41, 5.74) is 1.87. The van der Waals surface area contributed by atoms with E-state index < -0.39 is 6.10 Å². The minimum atomic E-state index is -0.562. The Bertz CT molecular complexity index is 770. The van der Waals surface area contributed by atoms with Gasteiger partial charge in [0, 0.05) is 6.54 Å². The molecule has 1 aliphatic heterocycles. The standard InChI is InChI=1S/C20H21NO4/c1-3-15-8-10-16(11-9-15)25-19(22)12-13-21-17-6-4-5-7-18(17)24-14(2)20(21)23/h4-11,14H,3,12-13H2,1-2H3. The molecule has 2 aromatic rings. The highest BCUT2D eigenvalue weighted by Gasteiger charge is 2.31. The van der Waals surface area contributed by atoms with E-state index in [1.807, 2.05) is 36.4 Å². The maximum absolute atomic E-state index is 12.4. The first-order valence-electron chi connectivity index (χ1n) is 8.45. The smallest absolute Gasteiger partial charge is 0.312 e. The number of ether oxygens (including phenoxy) is 2. The molecule has 5 heteroatoms. The van der Waals surface area contributed by atoms with E-state index in [1.54, 1.807) is 24.0 Å². The second-order valence-electron chi connectivity index (χ2n) is 5.94. The summed E-state index contributed by atoms with van der Waals surface area (Å²) in [6.45, 7) is 4.04. The molecule has 0 saturated carbocycles. The van der Waals surface area contributed by atoms with Crippen molar-refractivity contribution in [1.82, 2.24) is 0 Å². The van der Waals surface area contributed by atoms with Gasteiger partial charge in [-0.15, -0.1) is 0 Å². The van der Waals surface area contributed by atoms with E-state index in [0.717, 1.165) is 6.42 Å². The lowest BCUT2D eigenvalue weighted by molar-refractivity contribution is -0.134. The van der Waals surface area contributed by atoms with Crippen molar-refractivity contribution < 1.29 is 19.1 Å². The first kappa shape index (κ1) is 17.0. The zero-order valence-electron chi connectivity index (χ0n) is 14.4. The summed E-state index contributed by atoms with van der Waals surface area (Å²) in [4.78, 5) is 26.1. The quantitative estimate of drug-likeness (QED) is 0.619. The summed E-state index contributed by atoms with van der Waals surface area (Å²) < 4.78 is 10.9. The van der Waals surface area contributed by atoms with E-state index in [9.17, 15) is 9.59 Å². The van der Waals surface area contributed by atoms with Crippen molar-refractivity contribution in [3.8, 4) is 11.5 Å². The molecule has 3 rings (SSSR count). The topological polar surface area (TPSA) is 55.8 Å². The number of hydrogen-bond acceptors (Lipinski definition) is 4. The van der Waals surface area contributed by atoms with Crippen LogP contribution in [0.2, 0.25) is 0 Å². The zero-order valence-corrected chi connectivity index (χ0v) is 14.4. The Kier molecular flexibility index (Phi) is 5.03. The van der Waals surface area contributed by atoms with Crippen LogP contribution in [0.1, 0.15) is 25.8 Å². The van der Waals surface area contributed by atoms with Gasteiger partial charge in [0.25, 0.3) is 5.91 Å². The van der Waals surface area contributed by atoms with Gasteiger partial charge in [-0.3, -0.25) is 9.59 Å². The minimum Gasteiger partial charge on any atom is -0.479 e. The van der Waals surface area contributed by atoms with Crippen molar-refractivity contribution in [2.45, 2.75) is 32.8 Å². The van der Waals surface area contributed by atoms with Crippen LogP contribution in [0.4, 0.5) is 5.69 Å². The van der Waals surface area contributed by atoms with Crippen LogP contribution < -0.4 is 14.4 Å². The molecule has 2 aromatic carbocycles. The van der Waals surface area contributed by atoms with Gasteiger partial charge in [-0.25, -0.2) is 0 Å². The highest BCUT2D eigenvalue weighted by Crippen LogP contribution is 2.33. The van der Waals surface area contributed by atoms with E-state index in [1.165, 1.54) is 5.56 Å². The molecule has 0 N–H and O–H groups in total. The predicted molar refractivity (Wildman–Crippen MR) is 95.0 cm³/mol. The molecule has 1 aliphatic rings. The Morgan fingerprint density at radius 1 is 1.16 bits per heavy atom. The Balaban J connectivity index is 1.64. The summed E-state index contributed by atoms with van der Waals surface area (Å²) in [5.74, 6) is 0.648. The van der Waals surface area contributed by atoms with E-state index in [0.29, 0.717) is 17.2 Å². The van der Waals surface area contributed by atoms with Gasteiger partial charge in [0.15, 0.2) is 6.10 Å². The summed E-state index contributed by atoms with van der Waals surface area (Å²) in [7, 11) is 0. The molecular formula is C20H21NO4. The monoisotopic (exact) mass is 339 g/mol. The van der Waals surface area contributed by atoms with E-state index in [-0.39, 0.29) is 24.8 Å². The summed E-state index contributed by atoms with van der Waals surface area (Å²) in [6, 6.07) is 14.8. The molecule has 0 aliphatic carbocycles. The molecular weight excluding hydrogens is 318 g/mol. The maximum atomic E-state index is 12.4. The number of aryl methyl sites for hydroxylation is 1. The fourth-order valence-electron chi connectivity index (χ4n) is 2.77. The van der Waals surface area contributed by atoms with E-state index in [2.05, 4.69) is 6.92 Å². The third-order valence-corrected chi connectivity index (χ3v) is 4.18. The fourth-order valence-corrected chi connectivity index (χ4v) is 2.77. The Hall–Kier alpha value is -2.82. The molecule has 0 radical (unpaired) electrons. The van der Waals surface area contributed by atoms with Gasteiger partial charge < -0.3 is 14.4 Å². The normalized spacial score (nSPS) is 16.2. The van der Waals surface area contributed by atoms with Crippen LogP contribution in [0.5, 0.6) is 11.5 Å². The van der Waals surface area contributed by atoms with Gasteiger partial charge in [-0.2, -0.15) is 0 Å². The van der Waals surface area contributed by atoms with Gasteiger partial charge in [0.2, 0.25) is 0 Å². The number of carbonyl (C=O) groups is 2. The molecule has 1 unspecified atom stereocenters. The predicted octanol–water partition coefficient (Wildman–Crippen LogP) is 3.36. The highest BCUT2D eigenvalue weighted by molar-refractivity contribution is 6.00. The zero-order chi connectivity index (χ0) is 17.8. The molecule has 0 aromatic heterocycles. The molecule has 0 spiro atoms. The number of benzene rings is 2. The van der Waals surface area contributed by atoms with Gasteiger partial charge in [0.05, 0.1) is 12.1 Å². The number of nitrogens with zero attached hydrogens (tertiary/aromatic N) is 1. The van der Waals surface area contributed by atoms with Crippen LogP contribution in [-0.4, -0.2) is 24.5 Å². The second-order valence-corrected chi connectivity index (χ2v) is 5.94. The van der Waals surface area contributed by atoms with Crippen LogP contribution in [-0.2, 0) is 16.0 Å². The van der Waals surface area contributed by atoms with Crippen molar-refractivity contribution in [2.24, 2.45) is 0 Å². The van der Waals surface area contributed by atoms with Crippen LogP contribution in [0.3, 0.4) is 0 Å². The van der Waals surface area contributed by atoms with Gasteiger partial charge in [0.1, 0.15) is 11.5 Å². The van der Waals surface area contributed by atoms with Gasteiger partial charge >= 0.3 is 5.97 Å². The van der Waals surface area contributed by atoms with Crippen molar-refractivity contribution in [3.05, 3.63) is 54.1 Å². The average Bonchev–Trinajstić information content (AvgIpc) is 2.63. The maximum Gasteiger partial charge on any atom is 0.312 e. The lowest BCUT2D eigenvalue weighted by atomic mass is 10.1. The van der Waals surface area contributed by atoms with E-state index in [4.69, 9.17) is 9.47 Å². The summed E-state index contributed by atoms with van der Waals surface area (Å²) in [6.07, 6.45) is 0.486. The summed E-state index contributed by atoms with van der Waals surface area (Å²) in [5, 5.41) is 0. The van der Waals surface area contributed by atoms with Gasteiger partial charge in [-0.1, -0.05) is 31.2 Å². The molecule has 1 atom stereocenters. The number of amides is 1. The third kappa shape index (κ3) is 3.82. The van der Waals surface area contributed by atoms with Crippen molar-refractivity contribution in [2.75, 3.05) is 11.4 Å².